The van der Waals surface area contributed by atoms with Crippen molar-refractivity contribution in [2.75, 3.05) is 14.2 Å². The molecule has 0 spiro atoms. The van der Waals surface area contributed by atoms with Crippen LogP contribution in [0, 0.1) is 6.92 Å². The van der Waals surface area contributed by atoms with Crippen LogP contribution in [0.25, 0.3) is 5.69 Å². The number of carbonyl (C=O) groups excluding carboxylic acids is 1. The zero-order chi connectivity index (χ0) is 26.5. The Balaban J connectivity index is 1.84. The molecular formula is C28H28N4O5. The molecule has 1 amide bonds. The highest BCUT2D eigenvalue weighted by Gasteiger charge is 2.22. The van der Waals surface area contributed by atoms with E-state index in [1.54, 1.807) is 18.2 Å². The molecule has 1 unspecified atom stereocenters. The average molecular weight is 501 g/mol. The Morgan fingerprint density at radius 2 is 1.68 bits per heavy atom. The molecule has 9 nitrogen and oxygen atoms in total. The van der Waals surface area contributed by atoms with E-state index in [2.05, 4.69) is 10.4 Å². The summed E-state index contributed by atoms with van der Waals surface area (Å²) in [5, 5.41) is 7.02. The molecule has 1 N–H and O–H groups in total. The first-order valence-electron chi connectivity index (χ1n) is 11.7. The number of nitrogens with zero attached hydrogens (tertiary/aromatic N) is 3. The molecule has 0 aliphatic carbocycles. The summed E-state index contributed by atoms with van der Waals surface area (Å²) < 4.78 is 12.7. The minimum Gasteiger partial charge on any atom is -0.493 e. The van der Waals surface area contributed by atoms with Crippen LogP contribution in [0.3, 0.4) is 0 Å². The van der Waals surface area contributed by atoms with E-state index in [0.717, 1.165) is 25.9 Å². The van der Waals surface area contributed by atoms with Crippen LogP contribution in [0.2, 0.25) is 0 Å². The predicted molar refractivity (Wildman–Crippen MR) is 140 cm³/mol. The number of methoxy groups -OCH3 is 2. The Bertz CT molecular complexity index is 1540. The number of ether oxygens (including phenoxy) is 2. The van der Waals surface area contributed by atoms with Gasteiger partial charge in [0, 0.05) is 6.07 Å². The van der Waals surface area contributed by atoms with Gasteiger partial charge in [-0.15, -0.1) is 0 Å². The smallest absolute Gasteiger partial charge is 0.352 e. The first kappa shape index (κ1) is 25.4. The van der Waals surface area contributed by atoms with Crippen LogP contribution in [0.15, 0.2) is 82.4 Å². The van der Waals surface area contributed by atoms with Gasteiger partial charge in [0.1, 0.15) is 0 Å². The van der Waals surface area contributed by atoms with Crippen molar-refractivity contribution >= 4 is 5.91 Å². The van der Waals surface area contributed by atoms with Crippen molar-refractivity contribution in [3.63, 3.8) is 0 Å². The van der Waals surface area contributed by atoms with E-state index in [-0.39, 0.29) is 12.6 Å². The van der Waals surface area contributed by atoms with Gasteiger partial charge in [-0.2, -0.15) is 9.78 Å². The van der Waals surface area contributed by atoms with E-state index in [0.29, 0.717) is 17.2 Å². The van der Waals surface area contributed by atoms with Gasteiger partial charge in [-0.25, -0.2) is 4.79 Å². The zero-order valence-electron chi connectivity index (χ0n) is 21.1. The van der Waals surface area contributed by atoms with E-state index in [1.165, 1.54) is 14.2 Å². The molecule has 37 heavy (non-hydrogen) atoms. The minimum absolute atomic E-state index is 0.0241. The molecule has 0 saturated carbocycles. The first-order valence-corrected chi connectivity index (χ1v) is 11.7. The summed E-state index contributed by atoms with van der Waals surface area (Å²) in [5.74, 6) is 0.143. The van der Waals surface area contributed by atoms with E-state index >= 15 is 0 Å². The molecule has 9 heteroatoms. The standard InChI is InChI=1S/C28H28N4O5/c1-18-9-8-10-20(15-18)17-31-27(34)25(26(33)29-19(2)21-11-6-5-7-12-21)30-32(28(31)35)22-13-14-23(36-3)24(16-22)37-4/h5-16,19H,17H2,1-4H3,(H,29,33). The summed E-state index contributed by atoms with van der Waals surface area (Å²) in [7, 11) is 2.97. The first-order chi connectivity index (χ1) is 17.8. The number of rotatable bonds is 8. The van der Waals surface area contributed by atoms with Crippen molar-refractivity contribution in [2.45, 2.75) is 26.4 Å². The molecular weight excluding hydrogens is 472 g/mol. The number of aromatic nitrogens is 3. The van der Waals surface area contributed by atoms with Gasteiger partial charge in [0.2, 0.25) is 5.69 Å². The molecule has 4 aromatic rings. The van der Waals surface area contributed by atoms with Gasteiger partial charge in [0.05, 0.1) is 32.5 Å². The van der Waals surface area contributed by atoms with Crippen LogP contribution in [0.5, 0.6) is 11.5 Å². The fourth-order valence-electron chi connectivity index (χ4n) is 4.00. The van der Waals surface area contributed by atoms with Crippen molar-refractivity contribution in [1.82, 2.24) is 19.7 Å². The molecule has 190 valence electrons. The van der Waals surface area contributed by atoms with Gasteiger partial charge in [0.25, 0.3) is 11.5 Å². The number of hydrogen-bond donors (Lipinski definition) is 1. The summed E-state index contributed by atoms with van der Waals surface area (Å²) in [6.45, 7) is 3.71. The fourth-order valence-corrected chi connectivity index (χ4v) is 4.00. The number of benzene rings is 3. The molecule has 3 aromatic carbocycles. The lowest BCUT2D eigenvalue weighted by atomic mass is 10.1. The van der Waals surface area contributed by atoms with Crippen molar-refractivity contribution in [3.8, 4) is 17.2 Å². The Kier molecular flexibility index (Phi) is 7.52. The Morgan fingerprint density at radius 3 is 2.35 bits per heavy atom. The number of aryl methyl sites for hydroxylation is 1. The summed E-state index contributed by atoms with van der Waals surface area (Å²) in [4.78, 5) is 40.2. The highest BCUT2D eigenvalue weighted by Crippen LogP contribution is 2.28. The minimum atomic E-state index is -0.777. The van der Waals surface area contributed by atoms with Gasteiger partial charge in [0.15, 0.2) is 11.5 Å². The highest BCUT2D eigenvalue weighted by atomic mass is 16.5. The molecule has 0 radical (unpaired) electrons. The maximum atomic E-state index is 13.5. The fraction of sp³-hybridized carbons (Fsp3) is 0.214. The molecule has 0 fully saturated rings. The lowest BCUT2D eigenvalue weighted by molar-refractivity contribution is 0.0930. The number of carbonyl (C=O) groups is 1. The van der Waals surface area contributed by atoms with E-state index in [9.17, 15) is 14.4 Å². The lowest BCUT2D eigenvalue weighted by Gasteiger charge is -2.16. The van der Waals surface area contributed by atoms with Gasteiger partial charge in [-0.3, -0.25) is 14.2 Å². The molecule has 0 aliphatic heterocycles. The normalized spacial score (nSPS) is 11.6. The van der Waals surface area contributed by atoms with Crippen molar-refractivity contribution in [2.24, 2.45) is 0 Å². The van der Waals surface area contributed by atoms with E-state index in [4.69, 9.17) is 9.47 Å². The molecule has 4 rings (SSSR count). The number of hydrogen-bond acceptors (Lipinski definition) is 6. The van der Waals surface area contributed by atoms with Crippen molar-refractivity contribution < 1.29 is 14.3 Å². The average Bonchev–Trinajstić information content (AvgIpc) is 2.91. The Hall–Kier alpha value is -4.66. The maximum absolute atomic E-state index is 13.5. The van der Waals surface area contributed by atoms with E-state index < -0.39 is 22.9 Å². The Labute approximate surface area is 213 Å². The summed E-state index contributed by atoms with van der Waals surface area (Å²) in [5.41, 5.74) is 1.04. The van der Waals surface area contributed by atoms with Crippen LogP contribution < -0.4 is 26.0 Å². The lowest BCUT2D eigenvalue weighted by Crippen LogP contribution is -2.46. The topological polar surface area (TPSA) is 104 Å². The van der Waals surface area contributed by atoms with Gasteiger partial charge in [-0.05, 0) is 37.1 Å². The van der Waals surface area contributed by atoms with Crippen LogP contribution in [0.4, 0.5) is 0 Å². The second-order valence-corrected chi connectivity index (χ2v) is 8.57. The van der Waals surface area contributed by atoms with Crippen LogP contribution >= 0.6 is 0 Å². The Morgan fingerprint density at radius 1 is 0.946 bits per heavy atom. The summed E-state index contributed by atoms with van der Waals surface area (Å²) >= 11 is 0. The summed E-state index contributed by atoms with van der Waals surface area (Å²) in [6, 6.07) is 21.2. The highest BCUT2D eigenvalue weighted by molar-refractivity contribution is 5.92. The van der Waals surface area contributed by atoms with Crippen molar-refractivity contribution in [1.29, 1.82) is 0 Å². The third kappa shape index (κ3) is 5.45. The largest absolute Gasteiger partial charge is 0.493 e. The third-order valence-corrected chi connectivity index (χ3v) is 5.96. The molecule has 1 aromatic heterocycles. The molecule has 0 saturated heterocycles. The van der Waals surface area contributed by atoms with Crippen LogP contribution in [-0.2, 0) is 6.54 Å². The zero-order valence-corrected chi connectivity index (χ0v) is 21.1. The van der Waals surface area contributed by atoms with E-state index in [1.807, 2.05) is 68.4 Å². The van der Waals surface area contributed by atoms with Crippen molar-refractivity contribution in [3.05, 3.63) is 116 Å². The molecule has 1 atom stereocenters. The number of amides is 1. The third-order valence-electron chi connectivity index (χ3n) is 5.96. The number of nitrogens with one attached hydrogen (secondary N) is 1. The molecule has 0 bridgehead atoms. The van der Waals surface area contributed by atoms with Gasteiger partial charge >= 0.3 is 5.69 Å². The predicted octanol–water partition coefficient (Wildman–Crippen LogP) is 3.26. The second-order valence-electron chi connectivity index (χ2n) is 8.57. The maximum Gasteiger partial charge on any atom is 0.352 e. The van der Waals surface area contributed by atoms with Crippen LogP contribution in [-0.4, -0.2) is 34.5 Å². The molecule has 1 heterocycles. The van der Waals surface area contributed by atoms with Gasteiger partial charge in [-0.1, -0.05) is 60.2 Å². The molecule has 0 aliphatic rings. The van der Waals surface area contributed by atoms with Crippen LogP contribution in [0.1, 0.15) is 40.1 Å². The summed E-state index contributed by atoms with van der Waals surface area (Å²) in [6.07, 6.45) is 0. The SMILES string of the molecule is COc1ccc(-n2nc(C(=O)NC(C)c3ccccc3)c(=O)n(Cc3cccc(C)c3)c2=O)cc1OC. The monoisotopic (exact) mass is 500 g/mol. The quantitative estimate of drug-likeness (QED) is 0.398. The van der Waals surface area contributed by atoms with Gasteiger partial charge < -0.3 is 14.8 Å². The second kappa shape index (κ2) is 10.9.